The summed E-state index contributed by atoms with van der Waals surface area (Å²) in [5.74, 6) is 6.30. The summed E-state index contributed by atoms with van der Waals surface area (Å²) < 4.78 is 5.13. The number of aliphatic hydroxyl groups excluding tert-OH is 1. The largest absolute Gasteiger partial charge is 0.467 e. The molecule has 0 saturated carbocycles. The van der Waals surface area contributed by atoms with Crippen molar-refractivity contribution in [3.8, 4) is 11.8 Å². The molecule has 98 valence electrons. The number of hydrogen-bond acceptors (Lipinski definition) is 4. The smallest absolute Gasteiger partial charge is 0.261 e. The lowest BCUT2D eigenvalue weighted by atomic mass is 10.3. The van der Waals surface area contributed by atoms with E-state index in [9.17, 15) is 4.79 Å². The molecule has 0 saturated heterocycles. The second-order valence-corrected chi connectivity index (χ2v) is 4.79. The number of thiophene rings is 1. The summed E-state index contributed by atoms with van der Waals surface area (Å²) in [5.41, 5.74) is 0. The molecule has 0 fully saturated rings. The van der Waals surface area contributed by atoms with Gasteiger partial charge in [-0.1, -0.05) is 11.8 Å². The first-order chi connectivity index (χ1) is 9.29. The van der Waals surface area contributed by atoms with Gasteiger partial charge in [0, 0.05) is 6.42 Å². The number of rotatable bonds is 4. The average Bonchev–Trinajstić information content (AvgIpc) is 3.07. The minimum atomic E-state index is -0.142. The fourth-order valence-electron chi connectivity index (χ4n) is 1.40. The molecule has 4 nitrogen and oxygen atoms in total. The third-order valence-electron chi connectivity index (χ3n) is 2.28. The van der Waals surface area contributed by atoms with Crippen LogP contribution in [0.4, 0.5) is 0 Å². The van der Waals surface area contributed by atoms with Gasteiger partial charge in [0.1, 0.15) is 5.76 Å². The zero-order chi connectivity index (χ0) is 13.5. The van der Waals surface area contributed by atoms with Crippen LogP contribution in [0.2, 0.25) is 0 Å². The van der Waals surface area contributed by atoms with Gasteiger partial charge in [-0.05, 0) is 24.3 Å². The first-order valence-corrected chi connectivity index (χ1v) is 6.61. The van der Waals surface area contributed by atoms with Gasteiger partial charge in [-0.25, -0.2) is 0 Å². The molecular weight excluding hydrogens is 262 g/mol. The van der Waals surface area contributed by atoms with Crippen LogP contribution in [0.3, 0.4) is 0 Å². The highest BCUT2D eigenvalue weighted by Crippen LogP contribution is 2.15. The fraction of sp³-hybridized carbons (Fsp3) is 0.214. The summed E-state index contributed by atoms with van der Waals surface area (Å²) in [7, 11) is 0. The molecule has 19 heavy (non-hydrogen) atoms. The third-order valence-corrected chi connectivity index (χ3v) is 3.28. The van der Waals surface area contributed by atoms with Gasteiger partial charge >= 0.3 is 0 Å². The molecule has 2 heterocycles. The van der Waals surface area contributed by atoms with E-state index in [2.05, 4.69) is 17.2 Å². The third kappa shape index (κ3) is 3.98. The maximum Gasteiger partial charge on any atom is 0.261 e. The normalized spacial score (nSPS) is 9.74. The zero-order valence-electron chi connectivity index (χ0n) is 10.2. The molecule has 0 aromatic carbocycles. The van der Waals surface area contributed by atoms with E-state index >= 15 is 0 Å². The molecule has 2 aromatic heterocycles. The van der Waals surface area contributed by atoms with E-state index in [-0.39, 0.29) is 12.5 Å². The van der Waals surface area contributed by atoms with Gasteiger partial charge in [-0.2, -0.15) is 0 Å². The van der Waals surface area contributed by atoms with E-state index in [4.69, 9.17) is 9.52 Å². The van der Waals surface area contributed by atoms with Crippen molar-refractivity contribution < 1.29 is 14.3 Å². The number of carbonyl (C=O) groups is 1. The topological polar surface area (TPSA) is 62.5 Å². The first kappa shape index (κ1) is 13.4. The highest BCUT2D eigenvalue weighted by Gasteiger charge is 2.08. The molecule has 5 heteroatoms. The summed E-state index contributed by atoms with van der Waals surface area (Å²) >= 11 is 1.33. The fourth-order valence-corrected chi connectivity index (χ4v) is 2.20. The number of furan rings is 1. The van der Waals surface area contributed by atoms with Gasteiger partial charge in [0.15, 0.2) is 0 Å². The number of amides is 1. The summed E-state index contributed by atoms with van der Waals surface area (Å²) in [6.45, 7) is 0.421. The van der Waals surface area contributed by atoms with Crippen molar-refractivity contribution in [1.29, 1.82) is 0 Å². The molecule has 0 radical (unpaired) electrons. The van der Waals surface area contributed by atoms with Crippen LogP contribution in [-0.4, -0.2) is 17.6 Å². The van der Waals surface area contributed by atoms with Crippen LogP contribution in [-0.2, 0) is 6.54 Å². The lowest BCUT2D eigenvalue weighted by Gasteiger charge is -1.99. The Balaban J connectivity index is 1.91. The molecule has 0 atom stereocenters. The van der Waals surface area contributed by atoms with Gasteiger partial charge in [-0.15, -0.1) is 11.3 Å². The quantitative estimate of drug-likeness (QED) is 0.839. The lowest BCUT2D eigenvalue weighted by molar-refractivity contribution is 0.0952. The molecule has 0 aliphatic heterocycles. The van der Waals surface area contributed by atoms with Crippen LogP contribution >= 0.6 is 11.3 Å². The zero-order valence-corrected chi connectivity index (χ0v) is 11.0. The second-order valence-electron chi connectivity index (χ2n) is 3.70. The van der Waals surface area contributed by atoms with Crippen LogP contribution in [0.15, 0.2) is 34.9 Å². The SMILES string of the molecule is O=C(NCc1ccco1)c1ccc(C#CCCO)s1. The lowest BCUT2D eigenvalue weighted by Crippen LogP contribution is -2.21. The minimum Gasteiger partial charge on any atom is -0.467 e. The summed E-state index contributed by atoms with van der Waals surface area (Å²) in [6, 6.07) is 7.13. The first-order valence-electron chi connectivity index (χ1n) is 5.80. The number of hydrogen-bond donors (Lipinski definition) is 2. The Kier molecular flexibility index (Phi) is 4.78. The van der Waals surface area contributed by atoms with Crippen LogP contribution in [0.25, 0.3) is 0 Å². The Labute approximate surface area is 115 Å². The van der Waals surface area contributed by atoms with E-state index in [0.29, 0.717) is 23.6 Å². The molecule has 1 amide bonds. The van der Waals surface area contributed by atoms with Crippen LogP contribution in [0, 0.1) is 11.8 Å². The van der Waals surface area contributed by atoms with Gasteiger partial charge in [0.2, 0.25) is 0 Å². The van der Waals surface area contributed by atoms with Crippen molar-refractivity contribution in [2.24, 2.45) is 0 Å². The van der Waals surface area contributed by atoms with Crippen LogP contribution in [0.1, 0.15) is 26.7 Å². The van der Waals surface area contributed by atoms with E-state index < -0.39 is 0 Å². The molecule has 0 bridgehead atoms. The molecule has 0 unspecified atom stereocenters. The van der Waals surface area contributed by atoms with E-state index in [1.54, 1.807) is 30.5 Å². The molecule has 0 spiro atoms. The van der Waals surface area contributed by atoms with E-state index in [1.807, 2.05) is 0 Å². The minimum absolute atomic E-state index is 0.0505. The standard InChI is InChI=1S/C14H13NO3S/c16-8-2-1-5-12-6-7-13(19-12)14(17)15-10-11-4-3-9-18-11/h3-4,6-7,9,16H,2,8,10H2,(H,15,17). The Bertz CT molecular complexity index is 590. The Morgan fingerprint density at radius 1 is 1.42 bits per heavy atom. The molecule has 2 rings (SSSR count). The summed E-state index contributed by atoms with van der Waals surface area (Å²) in [4.78, 5) is 13.3. The molecule has 0 aliphatic rings. The Hall–Kier alpha value is -2.03. The maximum absolute atomic E-state index is 11.9. The van der Waals surface area contributed by atoms with E-state index in [1.165, 1.54) is 11.3 Å². The number of nitrogens with one attached hydrogen (secondary N) is 1. The van der Waals surface area contributed by atoms with Gasteiger partial charge in [-0.3, -0.25) is 4.79 Å². The summed E-state index contributed by atoms with van der Waals surface area (Å²) in [6.07, 6.45) is 2.01. The van der Waals surface area contributed by atoms with Gasteiger partial charge in [0.05, 0.1) is 29.2 Å². The highest BCUT2D eigenvalue weighted by molar-refractivity contribution is 7.14. The van der Waals surface area contributed by atoms with E-state index in [0.717, 1.165) is 4.88 Å². The van der Waals surface area contributed by atoms with Crippen molar-refractivity contribution in [3.63, 3.8) is 0 Å². The molecule has 2 aromatic rings. The van der Waals surface area contributed by atoms with Crippen LogP contribution < -0.4 is 5.32 Å². The molecular formula is C14H13NO3S. The van der Waals surface area contributed by atoms with Crippen molar-refractivity contribution in [2.45, 2.75) is 13.0 Å². The summed E-state index contributed by atoms with van der Waals surface area (Å²) in [5, 5.41) is 11.4. The second kappa shape index (κ2) is 6.78. The number of carbonyl (C=O) groups excluding carboxylic acids is 1. The van der Waals surface area contributed by atoms with Crippen molar-refractivity contribution in [2.75, 3.05) is 6.61 Å². The number of aliphatic hydroxyl groups is 1. The van der Waals surface area contributed by atoms with Gasteiger partial charge < -0.3 is 14.8 Å². The van der Waals surface area contributed by atoms with Crippen molar-refractivity contribution >= 4 is 17.2 Å². The monoisotopic (exact) mass is 275 g/mol. The average molecular weight is 275 g/mol. The Morgan fingerprint density at radius 3 is 3.05 bits per heavy atom. The molecule has 2 N–H and O–H groups in total. The molecule has 0 aliphatic carbocycles. The van der Waals surface area contributed by atoms with Crippen molar-refractivity contribution in [1.82, 2.24) is 5.32 Å². The predicted molar refractivity (Wildman–Crippen MR) is 72.8 cm³/mol. The maximum atomic E-state index is 11.9. The van der Waals surface area contributed by atoms with Gasteiger partial charge in [0.25, 0.3) is 5.91 Å². The van der Waals surface area contributed by atoms with Crippen molar-refractivity contribution in [3.05, 3.63) is 46.0 Å². The van der Waals surface area contributed by atoms with Crippen LogP contribution in [0.5, 0.6) is 0 Å². The highest BCUT2D eigenvalue weighted by atomic mass is 32.1. The Morgan fingerprint density at radius 2 is 2.32 bits per heavy atom. The predicted octanol–water partition coefficient (Wildman–Crippen LogP) is 2.01.